The Kier molecular flexibility index (Phi) is 3.56. The molecule has 1 aromatic rings. The molecule has 4 rings (SSSR count). The minimum atomic E-state index is -0.108. The Morgan fingerprint density at radius 1 is 1.58 bits per heavy atom. The molecular weight excluding hydrogens is 260 g/mol. The van der Waals surface area contributed by atoms with Crippen LogP contribution in [0.15, 0.2) is 5.38 Å². The van der Waals surface area contributed by atoms with Gasteiger partial charge in [0, 0.05) is 18.0 Å². The first-order valence-corrected chi connectivity index (χ1v) is 7.75. The van der Waals surface area contributed by atoms with Gasteiger partial charge < -0.3 is 16.0 Å². The third-order valence-electron chi connectivity index (χ3n) is 4.12. The van der Waals surface area contributed by atoms with E-state index >= 15 is 0 Å². The highest BCUT2D eigenvalue weighted by molar-refractivity contribution is 7.09. The number of nitrogens with zero attached hydrogens (tertiary/aromatic N) is 2. The van der Waals surface area contributed by atoms with Crippen LogP contribution in [0.1, 0.15) is 41.3 Å². The average Bonchev–Trinajstić information content (AvgIpc) is 2.90. The second kappa shape index (κ2) is 5.19. The molecule has 3 N–H and O–H groups in total. The normalized spacial score (nSPS) is 31.2. The van der Waals surface area contributed by atoms with E-state index in [0.29, 0.717) is 11.6 Å². The van der Waals surface area contributed by atoms with Crippen molar-refractivity contribution >= 4 is 17.2 Å². The van der Waals surface area contributed by atoms with Crippen molar-refractivity contribution in [3.63, 3.8) is 0 Å². The average molecular weight is 280 g/mol. The van der Waals surface area contributed by atoms with Crippen LogP contribution in [0, 0.1) is 5.92 Å². The van der Waals surface area contributed by atoms with E-state index in [1.54, 1.807) is 5.38 Å². The van der Waals surface area contributed by atoms with E-state index < -0.39 is 0 Å². The van der Waals surface area contributed by atoms with E-state index in [9.17, 15) is 4.79 Å². The number of amides is 1. The van der Waals surface area contributed by atoms with E-state index in [4.69, 9.17) is 5.73 Å². The summed E-state index contributed by atoms with van der Waals surface area (Å²) in [5, 5.41) is 5.76. The number of fused-ring (bicyclic) bond motifs is 3. The lowest BCUT2D eigenvalue weighted by Gasteiger charge is -2.44. The number of hydrogen-bond donors (Lipinski definition) is 2. The molecule has 104 valence electrons. The van der Waals surface area contributed by atoms with Crippen molar-refractivity contribution in [3.05, 3.63) is 16.1 Å². The molecule has 3 fully saturated rings. The van der Waals surface area contributed by atoms with Gasteiger partial charge in [-0.2, -0.15) is 0 Å². The second-order valence-electron chi connectivity index (χ2n) is 5.58. The molecule has 3 saturated heterocycles. The topological polar surface area (TPSA) is 71.2 Å². The Morgan fingerprint density at radius 2 is 2.32 bits per heavy atom. The van der Waals surface area contributed by atoms with E-state index in [1.165, 1.54) is 37.3 Å². The summed E-state index contributed by atoms with van der Waals surface area (Å²) in [5.74, 6) is 0.586. The van der Waals surface area contributed by atoms with Gasteiger partial charge in [-0.15, -0.1) is 11.3 Å². The van der Waals surface area contributed by atoms with Crippen molar-refractivity contribution in [1.29, 1.82) is 0 Å². The summed E-state index contributed by atoms with van der Waals surface area (Å²) in [6.45, 7) is 5.24. The second-order valence-corrected chi connectivity index (χ2v) is 6.47. The fraction of sp³-hybridized carbons (Fsp3) is 0.692. The van der Waals surface area contributed by atoms with Crippen LogP contribution in [-0.4, -0.2) is 41.5 Å². The molecule has 0 aliphatic carbocycles. The highest BCUT2D eigenvalue weighted by atomic mass is 32.1. The summed E-state index contributed by atoms with van der Waals surface area (Å²) in [4.78, 5) is 18.9. The predicted octanol–water partition coefficient (Wildman–Crippen LogP) is 0.987. The predicted molar refractivity (Wildman–Crippen MR) is 75.1 cm³/mol. The van der Waals surface area contributed by atoms with Gasteiger partial charge in [0.25, 0.3) is 5.91 Å². The lowest BCUT2D eigenvalue weighted by atomic mass is 9.84. The highest BCUT2D eigenvalue weighted by Gasteiger charge is 2.35. The summed E-state index contributed by atoms with van der Waals surface area (Å²) in [5.41, 5.74) is 6.28. The van der Waals surface area contributed by atoms with Gasteiger partial charge in [-0.1, -0.05) is 0 Å². The fourth-order valence-corrected chi connectivity index (χ4v) is 3.73. The Morgan fingerprint density at radius 3 is 2.84 bits per heavy atom. The molecule has 2 atom stereocenters. The first-order chi connectivity index (χ1) is 9.13. The van der Waals surface area contributed by atoms with Crippen LogP contribution < -0.4 is 11.1 Å². The third kappa shape index (κ3) is 2.66. The minimum Gasteiger partial charge on any atom is -0.346 e. The van der Waals surface area contributed by atoms with Crippen LogP contribution in [0.4, 0.5) is 0 Å². The minimum absolute atomic E-state index is 0.0538. The fourth-order valence-electron chi connectivity index (χ4n) is 2.97. The van der Waals surface area contributed by atoms with Crippen LogP contribution in [-0.2, 0) is 0 Å². The first-order valence-electron chi connectivity index (χ1n) is 6.87. The van der Waals surface area contributed by atoms with Gasteiger partial charge in [0.1, 0.15) is 10.7 Å². The summed E-state index contributed by atoms with van der Waals surface area (Å²) in [6.07, 6.45) is 2.40. The number of aromatic nitrogens is 1. The molecule has 2 unspecified atom stereocenters. The van der Waals surface area contributed by atoms with Crippen molar-refractivity contribution in [2.45, 2.75) is 31.8 Å². The summed E-state index contributed by atoms with van der Waals surface area (Å²) >= 11 is 1.46. The molecule has 3 aliphatic rings. The molecule has 1 amide bonds. The standard InChI is InChI=1S/C13H20N4OS/c1-8(14)13-16-11(7-19-13)12(18)15-10-6-17-4-2-9(10)3-5-17/h7-10H,2-6,14H2,1H3,(H,15,18). The lowest BCUT2D eigenvalue weighted by molar-refractivity contribution is 0.0618. The smallest absolute Gasteiger partial charge is 0.271 e. The number of rotatable bonds is 3. The van der Waals surface area contributed by atoms with Gasteiger partial charge >= 0.3 is 0 Å². The van der Waals surface area contributed by atoms with Crippen molar-refractivity contribution < 1.29 is 4.79 Å². The summed E-state index contributed by atoms with van der Waals surface area (Å²) in [7, 11) is 0. The molecule has 0 saturated carbocycles. The third-order valence-corrected chi connectivity index (χ3v) is 5.16. The van der Waals surface area contributed by atoms with Crippen LogP contribution in [0.2, 0.25) is 0 Å². The Hall–Kier alpha value is -0.980. The number of piperidine rings is 3. The van der Waals surface area contributed by atoms with E-state index in [0.717, 1.165) is 11.6 Å². The molecule has 5 nitrogen and oxygen atoms in total. The van der Waals surface area contributed by atoms with Crippen LogP contribution in [0.5, 0.6) is 0 Å². The molecule has 0 spiro atoms. The Labute approximate surface area is 117 Å². The monoisotopic (exact) mass is 280 g/mol. The van der Waals surface area contributed by atoms with Crippen LogP contribution in [0.3, 0.4) is 0 Å². The molecule has 0 radical (unpaired) electrons. The maximum absolute atomic E-state index is 12.2. The molecule has 2 bridgehead atoms. The zero-order valence-corrected chi connectivity index (χ0v) is 11.9. The molecule has 4 heterocycles. The largest absolute Gasteiger partial charge is 0.346 e. The highest BCUT2D eigenvalue weighted by Crippen LogP contribution is 2.27. The van der Waals surface area contributed by atoms with Crippen molar-refractivity contribution in [2.24, 2.45) is 11.7 Å². The van der Waals surface area contributed by atoms with Crippen LogP contribution >= 0.6 is 11.3 Å². The Bertz CT molecular complexity index is 465. The van der Waals surface area contributed by atoms with E-state index in [2.05, 4.69) is 15.2 Å². The molecule has 1 aromatic heterocycles. The van der Waals surface area contributed by atoms with Gasteiger partial charge in [-0.25, -0.2) is 4.98 Å². The van der Waals surface area contributed by atoms with Crippen LogP contribution in [0.25, 0.3) is 0 Å². The number of hydrogen-bond acceptors (Lipinski definition) is 5. The zero-order chi connectivity index (χ0) is 13.4. The Balaban J connectivity index is 1.64. The van der Waals surface area contributed by atoms with Gasteiger partial charge in [-0.3, -0.25) is 4.79 Å². The van der Waals surface area contributed by atoms with Gasteiger partial charge in [0.2, 0.25) is 0 Å². The molecule has 3 aliphatic heterocycles. The number of carbonyl (C=O) groups is 1. The zero-order valence-electron chi connectivity index (χ0n) is 11.1. The molecule has 6 heteroatoms. The lowest BCUT2D eigenvalue weighted by Crippen LogP contribution is -2.57. The molecule has 0 aromatic carbocycles. The maximum atomic E-state index is 12.2. The number of nitrogens with one attached hydrogen (secondary N) is 1. The van der Waals surface area contributed by atoms with Gasteiger partial charge in [-0.05, 0) is 38.8 Å². The van der Waals surface area contributed by atoms with E-state index in [1.807, 2.05) is 6.92 Å². The van der Waals surface area contributed by atoms with Gasteiger partial charge in [0.05, 0.1) is 6.04 Å². The first kappa shape index (κ1) is 13.0. The maximum Gasteiger partial charge on any atom is 0.271 e. The summed E-state index contributed by atoms with van der Waals surface area (Å²) in [6, 6.07) is 0.179. The number of thiazole rings is 1. The quantitative estimate of drug-likeness (QED) is 0.866. The van der Waals surface area contributed by atoms with Crippen molar-refractivity contribution in [1.82, 2.24) is 15.2 Å². The SMILES string of the molecule is CC(N)c1nc(C(=O)NC2CN3CCC2CC3)cs1. The molecule has 19 heavy (non-hydrogen) atoms. The van der Waals surface area contributed by atoms with Crippen molar-refractivity contribution in [2.75, 3.05) is 19.6 Å². The van der Waals surface area contributed by atoms with E-state index in [-0.39, 0.29) is 18.0 Å². The van der Waals surface area contributed by atoms with Gasteiger partial charge in [0.15, 0.2) is 0 Å². The molecular formula is C13H20N4OS. The number of carbonyl (C=O) groups excluding carboxylic acids is 1. The van der Waals surface area contributed by atoms with Crippen molar-refractivity contribution in [3.8, 4) is 0 Å². The number of nitrogens with two attached hydrogens (primary N) is 1. The summed E-state index contributed by atoms with van der Waals surface area (Å²) < 4.78 is 0.